The predicted molar refractivity (Wildman–Crippen MR) is 95.4 cm³/mol. The molecule has 1 heterocycles. The molecule has 3 N–H and O–H groups in total. The Morgan fingerprint density at radius 2 is 1.61 bits per heavy atom. The van der Waals surface area contributed by atoms with Crippen LogP contribution in [0, 0.1) is 0 Å². The topological polar surface area (TPSA) is 65.1 Å². The maximum atomic E-state index is 12.0. The number of carbonyl (C=O) groups is 1. The summed E-state index contributed by atoms with van der Waals surface area (Å²) in [4.78, 5) is 15.2. The lowest BCUT2D eigenvalue weighted by Gasteiger charge is -2.03. The molecule has 122 valence electrons. The SMILES string of the molecule is CC.CO.O=C(NCc1ccccc1)c1cc2ccccc2[nH]1. The van der Waals surface area contributed by atoms with Gasteiger partial charge in [0.2, 0.25) is 0 Å². The van der Waals surface area contributed by atoms with Crippen molar-refractivity contribution in [2.45, 2.75) is 20.4 Å². The fourth-order valence-corrected chi connectivity index (χ4v) is 2.07. The van der Waals surface area contributed by atoms with E-state index in [1.54, 1.807) is 0 Å². The first-order valence-corrected chi connectivity index (χ1v) is 7.67. The summed E-state index contributed by atoms with van der Waals surface area (Å²) in [7, 11) is 1.00. The molecule has 0 aliphatic rings. The van der Waals surface area contributed by atoms with Gasteiger partial charge in [-0.25, -0.2) is 0 Å². The van der Waals surface area contributed by atoms with Gasteiger partial charge in [0.05, 0.1) is 0 Å². The standard InChI is InChI=1S/C16H14N2O.C2H6.CH4O/c19-16(17-11-12-6-2-1-3-7-12)15-10-13-8-4-5-9-14(13)18-15;2*1-2/h1-10,18H,11H2,(H,17,19);1-2H3;2H,1H3. The molecule has 3 rings (SSSR count). The number of rotatable bonds is 3. The van der Waals surface area contributed by atoms with E-state index in [2.05, 4.69) is 10.3 Å². The van der Waals surface area contributed by atoms with Gasteiger partial charge in [0.15, 0.2) is 0 Å². The molecular weight excluding hydrogens is 288 g/mol. The largest absolute Gasteiger partial charge is 0.400 e. The van der Waals surface area contributed by atoms with E-state index < -0.39 is 0 Å². The maximum absolute atomic E-state index is 12.0. The summed E-state index contributed by atoms with van der Waals surface area (Å²) in [6.07, 6.45) is 0. The van der Waals surface area contributed by atoms with Crippen molar-refractivity contribution in [1.82, 2.24) is 10.3 Å². The van der Waals surface area contributed by atoms with Crippen LogP contribution in [0.1, 0.15) is 29.9 Å². The third kappa shape index (κ3) is 5.27. The fraction of sp³-hybridized carbons (Fsp3) is 0.211. The molecule has 0 saturated heterocycles. The Kier molecular flexibility index (Phi) is 8.18. The van der Waals surface area contributed by atoms with E-state index in [0.29, 0.717) is 12.2 Å². The minimum atomic E-state index is -0.0833. The van der Waals surface area contributed by atoms with Crippen molar-refractivity contribution in [3.05, 3.63) is 71.9 Å². The van der Waals surface area contributed by atoms with Gasteiger partial charge in [-0.15, -0.1) is 0 Å². The van der Waals surface area contributed by atoms with Crippen LogP contribution in [0.2, 0.25) is 0 Å². The Labute approximate surface area is 137 Å². The number of hydrogen-bond donors (Lipinski definition) is 3. The number of aliphatic hydroxyl groups excluding tert-OH is 1. The Morgan fingerprint density at radius 3 is 2.26 bits per heavy atom. The number of aromatic nitrogens is 1. The van der Waals surface area contributed by atoms with Gasteiger partial charge in [0.1, 0.15) is 5.69 Å². The summed E-state index contributed by atoms with van der Waals surface area (Å²) in [5.41, 5.74) is 2.66. The van der Waals surface area contributed by atoms with Gasteiger partial charge in [0.25, 0.3) is 5.91 Å². The monoisotopic (exact) mass is 312 g/mol. The zero-order chi connectivity index (χ0) is 17.1. The van der Waals surface area contributed by atoms with Crippen LogP contribution in [-0.4, -0.2) is 23.1 Å². The number of hydrogen-bond acceptors (Lipinski definition) is 2. The first kappa shape index (κ1) is 18.5. The van der Waals surface area contributed by atoms with Crippen molar-refractivity contribution < 1.29 is 9.90 Å². The van der Waals surface area contributed by atoms with E-state index in [-0.39, 0.29) is 5.91 Å². The molecule has 0 aliphatic carbocycles. The number of aromatic amines is 1. The third-order valence-corrected chi connectivity index (χ3v) is 3.07. The van der Waals surface area contributed by atoms with E-state index >= 15 is 0 Å². The normalized spacial score (nSPS) is 9.22. The molecule has 0 aliphatic heterocycles. The third-order valence-electron chi connectivity index (χ3n) is 3.07. The predicted octanol–water partition coefficient (Wildman–Crippen LogP) is 3.73. The van der Waals surface area contributed by atoms with Gasteiger partial charge in [-0.1, -0.05) is 62.4 Å². The average Bonchev–Trinajstić information content (AvgIpc) is 3.08. The van der Waals surface area contributed by atoms with Crippen LogP contribution >= 0.6 is 0 Å². The lowest BCUT2D eigenvalue weighted by atomic mass is 10.2. The molecule has 0 spiro atoms. The molecule has 23 heavy (non-hydrogen) atoms. The number of amides is 1. The smallest absolute Gasteiger partial charge is 0.267 e. The maximum Gasteiger partial charge on any atom is 0.267 e. The second-order valence-corrected chi connectivity index (χ2v) is 4.44. The number of benzene rings is 2. The van der Waals surface area contributed by atoms with Crippen LogP contribution in [0.25, 0.3) is 10.9 Å². The summed E-state index contributed by atoms with van der Waals surface area (Å²) < 4.78 is 0. The molecule has 1 aromatic heterocycles. The average molecular weight is 312 g/mol. The number of carbonyl (C=O) groups excluding carboxylic acids is 1. The van der Waals surface area contributed by atoms with E-state index in [0.717, 1.165) is 23.6 Å². The number of H-pyrrole nitrogens is 1. The van der Waals surface area contributed by atoms with Crippen LogP contribution in [0.3, 0.4) is 0 Å². The van der Waals surface area contributed by atoms with Crippen molar-refractivity contribution in [2.24, 2.45) is 0 Å². The molecule has 0 unspecified atom stereocenters. The van der Waals surface area contributed by atoms with Crippen molar-refractivity contribution in [3.63, 3.8) is 0 Å². The second-order valence-electron chi connectivity index (χ2n) is 4.44. The minimum Gasteiger partial charge on any atom is -0.400 e. The summed E-state index contributed by atoms with van der Waals surface area (Å²) in [6, 6.07) is 19.6. The zero-order valence-electron chi connectivity index (χ0n) is 13.8. The minimum absolute atomic E-state index is 0.0833. The van der Waals surface area contributed by atoms with Gasteiger partial charge >= 0.3 is 0 Å². The van der Waals surface area contributed by atoms with Crippen molar-refractivity contribution in [3.8, 4) is 0 Å². The Hall–Kier alpha value is -2.59. The van der Waals surface area contributed by atoms with Gasteiger partial charge in [-0.3, -0.25) is 4.79 Å². The highest BCUT2D eigenvalue weighted by Gasteiger charge is 2.08. The summed E-state index contributed by atoms with van der Waals surface area (Å²) >= 11 is 0. The highest BCUT2D eigenvalue weighted by atomic mass is 16.2. The molecule has 0 atom stereocenters. The number of nitrogens with one attached hydrogen (secondary N) is 2. The van der Waals surface area contributed by atoms with E-state index in [9.17, 15) is 4.79 Å². The number of fused-ring (bicyclic) bond motifs is 1. The van der Waals surface area contributed by atoms with Gasteiger partial charge in [-0.2, -0.15) is 0 Å². The summed E-state index contributed by atoms with van der Waals surface area (Å²) in [5, 5.41) is 11.0. The van der Waals surface area contributed by atoms with Gasteiger partial charge < -0.3 is 15.4 Å². The molecular formula is C19H24N2O2. The van der Waals surface area contributed by atoms with Crippen molar-refractivity contribution >= 4 is 16.8 Å². The lowest BCUT2D eigenvalue weighted by molar-refractivity contribution is 0.0947. The van der Waals surface area contributed by atoms with Gasteiger partial charge in [-0.05, 0) is 17.7 Å². The quantitative estimate of drug-likeness (QED) is 0.690. The lowest BCUT2D eigenvalue weighted by Crippen LogP contribution is -2.22. The molecule has 0 fully saturated rings. The van der Waals surface area contributed by atoms with Crippen LogP contribution in [-0.2, 0) is 6.54 Å². The summed E-state index contributed by atoms with van der Waals surface area (Å²) in [6.45, 7) is 4.54. The van der Waals surface area contributed by atoms with E-state index in [1.807, 2.05) is 74.5 Å². The molecule has 0 radical (unpaired) electrons. The molecule has 0 bridgehead atoms. The van der Waals surface area contributed by atoms with Crippen molar-refractivity contribution in [2.75, 3.05) is 7.11 Å². The van der Waals surface area contributed by atoms with E-state index in [4.69, 9.17) is 5.11 Å². The molecule has 1 amide bonds. The first-order chi connectivity index (χ1) is 11.3. The Morgan fingerprint density at radius 1 is 1.00 bits per heavy atom. The summed E-state index contributed by atoms with van der Waals surface area (Å²) in [5.74, 6) is -0.0833. The van der Waals surface area contributed by atoms with Crippen LogP contribution < -0.4 is 5.32 Å². The van der Waals surface area contributed by atoms with Crippen LogP contribution in [0.5, 0.6) is 0 Å². The zero-order valence-corrected chi connectivity index (χ0v) is 13.8. The fourth-order valence-electron chi connectivity index (χ4n) is 2.07. The Bertz CT molecular complexity index is 672. The molecule has 4 heteroatoms. The molecule has 0 saturated carbocycles. The highest BCUT2D eigenvalue weighted by Crippen LogP contribution is 2.14. The van der Waals surface area contributed by atoms with E-state index in [1.165, 1.54) is 0 Å². The first-order valence-electron chi connectivity index (χ1n) is 7.67. The molecule has 2 aromatic carbocycles. The number of aliphatic hydroxyl groups is 1. The second kappa shape index (κ2) is 10.2. The molecule has 4 nitrogen and oxygen atoms in total. The van der Waals surface area contributed by atoms with Crippen LogP contribution in [0.4, 0.5) is 0 Å². The van der Waals surface area contributed by atoms with Crippen LogP contribution in [0.15, 0.2) is 60.7 Å². The Balaban J connectivity index is 0.000000615. The highest BCUT2D eigenvalue weighted by molar-refractivity contribution is 5.97. The number of para-hydroxylation sites is 1. The molecule has 3 aromatic rings. The van der Waals surface area contributed by atoms with Crippen molar-refractivity contribution in [1.29, 1.82) is 0 Å². The van der Waals surface area contributed by atoms with Gasteiger partial charge in [0, 0.05) is 24.6 Å².